The smallest absolute Gasteiger partial charge is 0.0329 e. The molecule has 0 N–H and O–H groups in total. The molecule has 0 aromatic heterocycles. The Morgan fingerprint density at radius 1 is 0.765 bits per heavy atom. The van der Waals surface area contributed by atoms with E-state index in [0.717, 1.165) is 41.4 Å². The Kier molecular flexibility index (Phi) is 2.56. The van der Waals surface area contributed by atoms with Gasteiger partial charge >= 0.3 is 0 Å². The van der Waals surface area contributed by atoms with Gasteiger partial charge in [0.25, 0.3) is 0 Å². The van der Waals surface area contributed by atoms with Crippen molar-refractivity contribution in [3.05, 3.63) is 0 Å². The first-order valence-electron chi connectivity index (χ1n) is 8.31. The SMILES string of the molecule is CC(C1CCCC1)C1C2CC3CC(C2)CC1C3. The summed E-state index contributed by atoms with van der Waals surface area (Å²) in [4.78, 5) is 0. The van der Waals surface area contributed by atoms with E-state index in [0.29, 0.717) is 0 Å². The predicted octanol–water partition coefficient (Wildman–Crippen LogP) is 4.89. The molecular weight excluding hydrogens is 204 g/mol. The van der Waals surface area contributed by atoms with Crippen molar-refractivity contribution < 1.29 is 0 Å². The van der Waals surface area contributed by atoms with Crippen LogP contribution in [0.4, 0.5) is 0 Å². The minimum absolute atomic E-state index is 1.06. The molecule has 0 aromatic carbocycles. The molecule has 0 aliphatic heterocycles. The highest BCUT2D eigenvalue weighted by Gasteiger charge is 2.50. The van der Waals surface area contributed by atoms with Gasteiger partial charge in [-0.2, -0.15) is 0 Å². The highest BCUT2D eigenvalue weighted by atomic mass is 14.6. The van der Waals surface area contributed by atoms with Gasteiger partial charge in [0.2, 0.25) is 0 Å². The summed E-state index contributed by atoms with van der Waals surface area (Å²) >= 11 is 0. The van der Waals surface area contributed by atoms with Crippen LogP contribution in [0, 0.1) is 41.4 Å². The standard InChI is InChI=1S/C17H28/c1-11(14-4-2-3-5-14)17-15-7-12-6-13(9-15)10-16(17)8-12/h11-17H,2-10H2,1H3. The molecule has 4 bridgehead atoms. The van der Waals surface area contributed by atoms with E-state index < -0.39 is 0 Å². The Morgan fingerprint density at radius 2 is 1.29 bits per heavy atom. The minimum Gasteiger partial charge on any atom is -0.0620 e. The van der Waals surface area contributed by atoms with E-state index in [9.17, 15) is 0 Å². The molecule has 0 radical (unpaired) electrons. The van der Waals surface area contributed by atoms with Gasteiger partial charge in [0.15, 0.2) is 0 Å². The van der Waals surface area contributed by atoms with E-state index in [1.165, 1.54) is 12.8 Å². The van der Waals surface area contributed by atoms with Crippen molar-refractivity contribution in [1.29, 1.82) is 0 Å². The third-order valence-electron chi connectivity index (χ3n) is 7.05. The van der Waals surface area contributed by atoms with Crippen LogP contribution < -0.4 is 0 Å². The Balaban J connectivity index is 1.53. The van der Waals surface area contributed by atoms with Crippen LogP contribution in [0.25, 0.3) is 0 Å². The van der Waals surface area contributed by atoms with Gasteiger partial charge in [-0.3, -0.25) is 0 Å². The summed E-state index contributed by atoms with van der Waals surface area (Å²) in [6.07, 6.45) is 14.3. The first-order valence-corrected chi connectivity index (χ1v) is 8.31. The fraction of sp³-hybridized carbons (Fsp3) is 1.00. The van der Waals surface area contributed by atoms with Gasteiger partial charge in [-0.05, 0) is 73.5 Å². The van der Waals surface area contributed by atoms with Crippen LogP contribution in [0.15, 0.2) is 0 Å². The van der Waals surface area contributed by atoms with E-state index >= 15 is 0 Å². The quantitative estimate of drug-likeness (QED) is 0.636. The third-order valence-corrected chi connectivity index (χ3v) is 7.05. The average Bonchev–Trinajstić information content (AvgIpc) is 2.80. The van der Waals surface area contributed by atoms with Crippen molar-refractivity contribution in [3.63, 3.8) is 0 Å². The lowest BCUT2D eigenvalue weighted by Crippen LogP contribution is -2.48. The van der Waals surface area contributed by atoms with Crippen molar-refractivity contribution in [2.45, 2.75) is 64.7 Å². The molecule has 5 saturated carbocycles. The molecule has 1 unspecified atom stereocenters. The molecule has 17 heavy (non-hydrogen) atoms. The molecule has 5 rings (SSSR count). The summed E-state index contributed by atoms with van der Waals surface area (Å²) in [5.74, 6) is 7.94. The second-order valence-electron chi connectivity index (χ2n) is 7.91. The summed E-state index contributed by atoms with van der Waals surface area (Å²) in [6.45, 7) is 2.63. The van der Waals surface area contributed by atoms with Crippen LogP contribution in [0.2, 0.25) is 0 Å². The first-order chi connectivity index (χ1) is 8.31. The van der Waals surface area contributed by atoms with Gasteiger partial charge in [0, 0.05) is 0 Å². The van der Waals surface area contributed by atoms with E-state index in [2.05, 4.69) is 6.92 Å². The Bertz CT molecular complexity index is 258. The molecule has 0 amide bonds. The van der Waals surface area contributed by atoms with Crippen LogP contribution in [0.5, 0.6) is 0 Å². The summed E-state index contributed by atoms with van der Waals surface area (Å²) in [5, 5.41) is 0. The monoisotopic (exact) mass is 232 g/mol. The maximum atomic E-state index is 2.63. The lowest BCUT2D eigenvalue weighted by molar-refractivity contribution is -0.0685. The van der Waals surface area contributed by atoms with Crippen molar-refractivity contribution in [2.75, 3.05) is 0 Å². The summed E-state index contributed by atoms with van der Waals surface area (Å²) in [5.41, 5.74) is 0. The molecule has 5 aliphatic rings. The van der Waals surface area contributed by atoms with Crippen LogP contribution in [-0.2, 0) is 0 Å². The van der Waals surface area contributed by atoms with Crippen LogP contribution in [0.3, 0.4) is 0 Å². The fourth-order valence-electron chi connectivity index (χ4n) is 6.62. The summed E-state index contributed by atoms with van der Waals surface area (Å²) < 4.78 is 0. The maximum Gasteiger partial charge on any atom is -0.0329 e. The van der Waals surface area contributed by atoms with Crippen molar-refractivity contribution >= 4 is 0 Å². The Morgan fingerprint density at radius 3 is 1.82 bits per heavy atom. The van der Waals surface area contributed by atoms with E-state index in [4.69, 9.17) is 0 Å². The van der Waals surface area contributed by atoms with Gasteiger partial charge in [-0.25, -0.2) is 0 Å². The highest BCUT2D eigenvalue weighted by Crippen LogP contribution is 2.59. The predicted molar refractivity (Wildman–Crippen MR) is 71.7 cm³/mol. The van der Waals surface area contributed by atoms with Gasteiger partial charge < -0.3 is 0 Å². The Hall–Kier alpha value is 0. The largest absolute Gasteiger partial charge is 0.0620 e. The van der Waals surface area contributed by atoms with Crippen LogP contribution in [0.1, 0.15) is 64.7 Å². The van der Waals surface area contributed by atoms with E-state index in [1.54, 1.807) is 44.9 Å². The second-order valence-corrected chi connectivity index (χ2v) is 7.91. The average molecular weight is 232 g/mol. The zero-order valence-corrected chi connectivity index (χ0v) is 11.4. The number of hydrogen-bond acceptors (Lipinski definition) is 0. The zero-order chi connectivity index (χ0) is 11.4. The van der Waals surface area contributed by atoms with Crippen molar-refractivity contribution in [1.82, 2.24) is 0 Å². The molecule has 1 atom stereocenters. The topological polar surface area (TPSA) is 0 Å². The van der Waals surface area contributed by atoms with Gasteiger partial charge in [-0.15, -0.1) is 0 Å². The van der Waals surface area contributed by atoms with Gasteiger partial charge in [0.05, 0.1) is 0 Å². The fourth-order valence-corrected chi connectivity index (χ4v) is 6.62. The highest BCUT2D eigenvalue weighted by molar-refractivity contribution is 5.00. The molecule has 5 aliphatic carbocycles. The molecule has 0 spiro atoms. The van der Waals surface area contributed by atoms with Crippen molar-refractivity contribution in [3.8, 4) is 0 Å². The first kappa shape index (κ1) is 10.9. The van der Waals surface area contributed by atoms with Gasteiger partial charge in [0.1, 0.15) is 0 Å². The maximum absolute atomic E-state index is 2.63. The van der Waals surface area contributed by atoms with Crippen LogP contribution in [-0.4, -0.2) is 0 Å². The van der Waals surface area contributed by atoms with Crippen LogP contribution >= 0.6 is 0 Å². The Labute approximate surface area is 107 Å². The van der Waals surface area contributed by atoms with Gasteiger partial charge in [-0.1, -0.05) is 32.6 Å². The zero-order valence-electron chi connectivity index (χ0n) is 11.4. The van der Waals surface area contributed by atoms with E-state index in [-0.39, 0.29) is 0 Å². The molecule has 0 saturated heterocycles. The number of hydrogen-bond donors (Lipinski definition) is 0. The lowest BCUT2D eigenvalue weighted by Gasteiger charge is -2.57. The minimum atomic E-state index is 1.06. The van der Waals surface area contributed by atoms with E-state index in [1.807, 2.05) is 0 Å². The third kappa shape index (κ3) is 1.70. The summed E-state index contributed by atoms with van der Waals surface area (Å²) in [6, 6.07) is 0. The molecular formula is C17H28. The molecule has 0 heteroatoms. The molecule has 96 valence electrons. The molecule has 0 aromatic rings. The molecule has 5 fully saturated rings. The molecule has 0 nitrogen and oxygen atoms in total. The second kappa shape index (κ2) is 4.00. The molecule has 0 heterocycles. The normalized spacial score (nSPS) is 51.0. The number of rotatable bonds is 2. The summed E-state index contributed by atoms with van der Waals surface area (Å²) in [7, 11) is 0. The van der Waals surface area contributed by atoms with Crippen molar-refractivity contribution in [2.24, 2.45) is 41.4 Å². The lowest BCUT2D eigenvalue weighted by atomic mass is 9.49.